The number of aryl methyl sites for hydroxylation is 1. The van der Waals surface area contributed by atoms with E-state index in [0.717, 1.165) is 0 Å². The van der Waals surface area contributed by atoms with Crippen LogP contribution in [0.5, 0.6) is 5.75 Å². The Morgan fingerprint density at radius 1 is 1.09 bits per heavy atom. The molecule has 0 bridgehead atoms. The van der Waals surface area contributed by atoms with Crippen LogP contribution in [0, 0.1) is 18.6 Å². The van der Waals surface area contributed by atoms with Gasteiger partial charge in [-0.15, -0.1) is 0 Å². The van der Waals surface area contributed by atoms with Crippen LogP contribution in [0.4, 0.5) is 8.78 Å². The summed E-state index contributed by atoms with van der Waals surface area (Å²) < 4.78 is 35.4. The highest BCUT2D eigenvalue weighted by Crippen LogP contribution is 2.29. The Kier molecular flexibility index (Phi) is 6.00. The summed E-state index contributed by atoms with van der Waals surface area (Å²) in [5.74, 6) is -0.543. The molecule has 3 heterocycles. The summed E-state index contributed by atoms with van der Waals surface area (Å²) in [4.78, 5) is 17.4. The molecule has 0 aliphatic heterocycles. The lowest BCUT2D eigenvalue weighted by Crippen LogP contribution is -2.44. The summed E-state index contributed by atoms with van der Waals surface area (Å²) in [5.41, 5.74) is 12.9. The Balaban J connectivity index is 1.76. The summed E-state index contributed by atoms with van der Waals surface area (Å²) >= 11 is 6.16. The predicted molar refractivity (Wildman–Crippen MR) is 120 cm³/mol. The summed E-state index contributed by atoms with van der Waals surface area (Å²) in [5, 5.41) is -0.0357. The highest BCUT2D eigenvalue weighted by atomic mass is 35.5. The van der Waals surface area contributed by atoms with Crippen molar-refractivity contribution in [1.29, 1.82) is 0 Å². The van der Waals surface area contributed by atoms with Crippen molar-refractivity contribution in [1.82, 2.24) is 24.3 Å². The molecule has 4 aromatic rings. The number of nitrogens with two attached hydrogens (primary N) is 2. The average molecular weight is 474 g/mol. The molecule has 0 amide bonds. The number of hydrogen-bond donors (Lipinski definition) is 2. The molecule has 0 aliphatic carbocycles. The summed E-state index contributed by atoms with van der Waals surface area (Å²) in [7, 11) is 0. The van der Waals surface area contributed by atoms with E-state index in [1.165, 1.54) is 18.2 Å². The van der Waals surface area contributed by atoms with Crippen LogP contribution in [0.3, 0.4) is 0 Å². The second-order valence-corrected chi connectivity index (χ2v) is 8.52. The summed E-state index contributed by atoms with van der Waals surface area (Å²) in [6.45, 7) is 4.99. The van der Waals surface area contributed by atoms with E-state index in [1.54, 1.807) is 43.5 Å². The van der Waals surface area contributed by atoms with Crippen LogP contribution in [0.25, 0.3) is 17.2 Å². The van der Waals surface area contributed by atoms with E-state index in [0.29, 0.717) is 22.8 Å². The average Bonchev–Trinajstić information content (AvgIpc) is 3.08. The second kappa shape index (κ2) is 8.62. The van der Waals surface area contributed by atoms with Crippen LogP contribution in [0.1, 0.15) is 37.0 Å². The van der Waals surface area contributed by atoms with Gasteiger partial charge >= 0.3 is 0 Å². The molecule has 1 aromatic carbocycles. The van der Waals surface area contributed by atoms with Crippen LogP contribution in [-0.2, 0) is 6.61 Å². The Morgan fingerprint density at radius 2 is 1.79 bits per heavy atom. The molecule has 8 nitrogen and oxygen atoms in total. The summed E-state index contributed by atoms with van der Waals surface area (Å²) in [6, 6.07) is 6.33. The highest BCUT2D eigenvalue weighted by Gasteiger charge is 2.27. The van der Waals surface area contributed by atoms with Gasteiger partial charge in [-0.3, -0.25) is 4.40 Å². The minimum Gasteiger partial charge on any atom is -0.485 e. The molecule has 0 aliphatic rings. The lowest BCUT2D eigenvalue weighted by molar-refractivity contribution is 0.294. The zero-order valence-electron chi connectivity index (χ0n) is 18.2. The number of benzene rings is 1. The molecule has 11 heteroatoms. The van der Waals surface area contributed by atoms with Crippen molar-refractivity contribution >= 4 is 17.2 Å². The number of nitrogens with zero attached hydrogens (tertiary/aromatic N) is 5. The third kappa shape index (κ3) is 4.50. The van der Waals surface area contributed by atoms with Crippen molar-refractivity contribution < 1.29 is 13.5 Å². The molecule has 1 atom stereocenters. The molecule has 0 fully saturated rings. The smallest absolute Gasteiger partial charge is 0.226 e. The van der Waals surface area contributed by atoms with Gasteiger partial charge in [0, 0.05) is 11.7 Å². The molecule has 0 saturated carbocycles. The van der Waals surface area contributed by atoms with Gasteiger partial charge in [-0.1, -0.05) is 6.07 Å². The molecule has 1 unspecified atom stereocenters. The molecule has 0 radical (unpaired) electrons. The molecule has 0 saturated heterocycles. The van der Waals surface area contributed by atoms with E-state index < -0.39 is 23.2 Å². The quantitative estimate of drug-likeness (QED) is 0.438. The Hall–Kier alpha value is -3.21. The maximum absolute atomic E-state index is 14.0. The number of fused-ring (bicyclic) bond motifs is 1. The molecule has 3 aromatic heterocycles. The number of hydrogen-bond acceptors (Lipinski definition) is 7. The third-order valence-corrected chi connectivity index (χ3v) is 5.31. The number of aromatic nitrogens is 5. The fourth-order valence-electron chi connectivity index (χ4n) is 3.30. The summed E-state index contributed by atoms with van der Waals surface area (Å²) in [6.07, 6.45) is 1.74. The van der Waals surface area contributed by atoms with E-state index in [9.17, 15) is 8.78 Å². The van der Waals surface area contributed by atoms with Crippen molar-refractivity contribution in [2.24, 2.45) is 11.5 Å². The zero-order valence-corrected chi connectivity index (χ0v) is 18.9. The molecule has 33 heavy (non-hydrogen) atoms. The van der Waals surface area contributed by atoms with E-state index >= 15 is 0 Å². The Labute approximate surface area is 193 Å². The Bertz CT molecular complexity index is 1320. The fourth-order valence-corrected chi connectivity index (χ4v) is 3.47. The standard InChI is InChI=1S/C22H22ClF2N7O/c1-11-16(18-29-19(31-21(23)30-18)17(26)22(2,3)27)32-9-5-8-15(20(32)28-11)33-10-12-13(24)6-4-7-14(12)25/h4-9,17H,10,26-27H2,1-3H3. The van der Waals surface area contributed by atoms with E-state index in [1.807, 2.05) is 0 Å². The lowest BCUT2D eigenvalue weighted by atomic mass is 9.96. The monoisotopic (exact) mass is 473 g/mol. The zero-order chi connectivity index (χ0) is 23.9. The van der Waals surface area contributed by atoms with Crippen LogP contribution in [-0.4, -0.2) is 29.9 Å². The van der Waals surface area contributed by atoms with Gasteiger partial charge in [0.1, 0.15) is 23.9 Å². The number of halogens is 3. The predicted octanol–water partition coefficient (Wildman–Crippen LogP) is 3.74. The molecule has 0 spiro atoms. The van der Waals surface area contributed by atoms with Crippen LogP contribution < -0.4 is 16.2 Å². The number of pyridine rings is 1. The largest absolute Gasteiger partial charge is 0.485 e. The van der Waals surface area contributed by atoms with Gasteiger partial charge in [-0.05, 0) is 56.6 Å². The van der Waals surface area contributed by atoms with Crippen molar-refractivity contribution in [2.45, 2.75) is 39.0 Å². The second-order valence-electron chi connectivity index (χ2n) is 8.19. The van der Waals surface area contributed by atoms with Crippen molar-refractivity contribution in [3.05, 3.63) is 70.5 Å². The minimum absolute atomic E-state index is 0.0357. The number of imidazole rings is 1. The molecular formula is C22H22ClF2N7O. The maximum atomic E-state index is 14.0. The topological polar surface area (TPSA) is 117 Å². The van der Waals surface area contributed by atoms with Gasteiger partial charge in [-0.2, -0.15) is 4.98 Å². The molecule has 172 valence electrons. The molecular weight excluding hydrogens is 452 g/mol. The first kappa shape index (κ1) is 23.0. The van der Waals surface area contributed by atoms with Crippen LogP contribution >= 0.6 is 11.6 Å². The van der Waals surface area contributed by atoms with Crippen molar-refractivity contribution in [3.8, 4) is 17.3 Å². The lowest BCUT2D eigenvalue weighted by Gasteiger charge is -2.25. The normalized spacial score (nSPS) is 12.8. The number of rotatable bonds is 6. The molecule has 4 N–H and O–H groups in total. The first-order valence-electron chi connectivity index (χ1n) is 10.1. The van der Waals surface area contributed by atoms with Gasteiger partial charge in [0.2, 0.25) is 5.28 Å². The van der Waals surface area contributed by atoms with Gasteiger partial charge < -0.3 is 16.2 Å². The fraction of sp³-hybridized carbons (Fsp3) is 0.273. The van der Waals surface area contributed by atoms with Gasteiger partial charge in [0.05, 0.1) is 17.3 Å². The highest BCUT2D eigenvalue weighted by molar-refractivity contribution is 6.28. The van der Waals surface area contributed by atoms with Gasteiger partial charge in [0.15, 0.2) is 23.0 Å². The van der Waals surface area contributed by atoms with Crippen LogP contribution in [0.2, 0.25) is 5.28 Å². The third-order valence-electron chi connectivity index (χ3n) is 5.14. The van der Waals surface area contributed by atoms with E-state index in [4.69, 9.17) is 27.8 Å². The SMILES string of the molecule is Cc1nc2c(OCc3c(F)cccc3F)cccn2c1-c1nc(Cl)nc(C(N)C(C)(C)N)n1. The van der Waals surface area contributed by atoms with Crippen molar-refractivity contribution in [2.75, 3.05) is 0 Å². The maximum Gasteiger partial charge on any atom is 0.226 e. The van der Waals surface area contributed by atoms with E-state index in [2.05, 4.69) is 19.9 Å². The first-order chi connectivity index (χ1) is 15.6. The van der Waals surface area contributed by atoms with Gasteiger partial charge in [0.25, 0.3) is 0 Å². The van der Waals surface area contributed by atoms with Crippen molar-refractivity contribution in [3.63, 3.8) is 0 Å². The Morgan fingerprint density at radius 3 is 2.45 bits per heavy atom. The van der Waals surface area contributed by atoms with E-state index in [-0.39, 0.29) is 29.1 Å². The van der Waals surface area contributed by atoms with Gasteiger partial charge in [-0.25, -0.2) is 23.7 Å². The van der Waals surface area contributed by atoms with Crippen LogP contribution in [0.15, 0.2) is 36.5 Å². The molecule has 4 rings (SSSR count). The number of ether oxygens (including phenoxy) is 1. The first-order valence-corrected chi connectivity index (χ1v) is 10.4. The minimum atomic E-state index is -0.792.